The monoisotopic (exact) mass is 358 g/mol. The lowest BCUT2D eigenvalue weighted by Gasteiger charge is -2.11. The predicted molar refractivity (Wildman–Crippen MR) is 96.2 cm³/mol. The third-order valence-corrected chi connectivity index (χ3v) is 4.05. The van der Waals surface area contributed by atoms with Gasteiger partial charge in [0.15, 0.2) is 11.5 Å². The highest BCUT2D eigenvalue weighted by Crippen LogP contribution is 2.30. The maximum absolute atomic E-state index is 12.1. The summed E-state index contributed by atoms with van der Waals surface area (Å²) in [6, 6.07) is 5.43. The molecule has 1 atom stereocenters. The molecule has 1 aromatic heterocycles. The summed E-state index contributed by atoms with van der Waals surface area (Å²) in [4.78, 5) is 20.5. The van der Waals surface area contributed by atoms with Crippen LogP contribution >= 0.6 is 0 Å². The molecule has 8 nitrogen and oxygen atoms in total. The fourth-order valence-electron chi connectivity index (χ4n) is 2.67. The van der Waals surface area contributed by atoms with Gasteiger partial charge in [-0.25, -0.2) is 9.97 Å². The Hall–Kier alpha value is -2.87. The summed E-state index contributed by atoms with van der Waals surface area (Å²) in [5.74, 6) is 1.51. The van der Waals surface area contributed by atoms with Crippen LogP contribution in [0.2, 0.25) is 0 Å². The molecule has 0 radical (unpaired) electrons. The maximum Gasteiger partial charge on any atom is 0.271 e. The first kappa shape index (κ1) is 17.9. The van der Waals surface area contributed by atoms with E-state index in [4.69, 9.17) is 14.2 Å². The van der Waals surface area contributed by atoms with E-state index >= 15 is 0 Å². The molecule has 26 heavy (non-hydrogen) atoms. The zero-order chi connectivity index (χ0) is 18.4. The van der Waals surface area contributed by atoms with E-state index in [2.05, 4.69) is 20.6 Å². The molecule has 138 valence electrons. The van der Waals surface area contributed by atoms with Gasteiger partial charge in [0.05, 0.1) is 32.7 Å². The minimum atomic E-state index is -0.259. The van der Waals surface area contributed by atoms with Gasteiger partial charge in [-0.15, -0.1) is 0 Å². The minimum Gasteiger partial charge on any atom is -0.493 e. The van der Waals surface area contributed by atoms with Crippen LogP contribution in [-0.2, 0) is 4.74 Å². The van der Waals surface area contributed by atoms with Crippen LogP contribution in [0.4, 0.5) is 11.5 Å². The molecular formula is C18H22N4O4. The summed E-state index contributed by atoms with van der Waals surface area (Å²) in [6.45, 7) is 1.25. The average molecular weight is 358 g/mol. The molecule has 1 aliphatic rings. The molecule has 0 aliphatic carbocycles. The van der Waals surface area contributed by atoms with Gasteiger partial charge in [-0.05, 0) is 25.0 Å². The number of hydrogen-bond acceptors (Lipinski definition) is 7. The number of nitrogens with zero attached hydrogens (tertiary/aromatic N) is 2. The lowest BCUT2D eigenvalue weighted by atomic mass is 10.2. The van der Waals surface area contributed by atoms with Crippen molar-refractivity contribution in [2.75, 3.05) is 32.7 Å². The van der Waals surface area contributed by atoms with Crippen LogP contribution in [0.25, 0.3) is 0 Å². The maximum atomic E-state index is 12.1. The summed E-state index contributed by atoms with van der Waals surface area (Å²) in [5.41, 5.74) is 1.04. The number of amides is 1. The Morgan fingerprint density at radius 3 is 2.73 bits per heavy atom. The first-order chi connectivity index (χ1) is 12.7. The lowest BCUT2D eigenvalue weighted by molar-refractivity contribution is 0.0853. The second-order valence-corrected chi connectivity index (χ2v) is 5.83. The lowest BCUT2D eigenvalue weighted by Crippen LogP contribution is -2.32. The molecule has 8 heteroatoms. The fraction of sp³-hybridized carbons (Fsp3) is 0.389. The molecule has 1 saturated heterocycles. The first-order valence-electron chi connectivity index (χ1n) is 8.40. The van der Waals surface area contributed by atoms with E-state index in [0.717, 1.165) is 25.1 Å². The Morgan fingerprint density at radius 2 is 2.08 bits per heavy atom. The Labute approximate surface area is 151 Å². The van der Waals surface area contributed by atoms with Crippen LogP contribution in [0.3, 0.4) is 0 Å². The van der Waals surface area contributed by atoms with E-state index in [0.29, 0.717) is 23.9 Å². The Kier molecular flexibility index (Phi) is 5.85. The summed E-state index contributed by atoms with van der Waals surface area (Å²) >= 11 is 0. The zero-order valence-corrected chi connectivity index (χ0v) is 14.8. The van der Waals surface area contributed by atoms with Crippen molar-refractivity contribution in [2.24, 2.45) is 0 Å². The van der Waals surface area contributed by atoms with Gasteiger partial charge in [-0.3, -0.25) is 4.79 Å². The van der Waals surface area contributed by atoms with Gasteiger partial charge < -0.3 is 24.8 Å². The van der Waals surface area contributed by atoms with Crippen LogP contribution in [-0.4, -0.2) is 49.4 Å². The second-order valence-electron chi connectivity index (χ2n) is 5.83. The number of anilines is 2. The molecule has 1 fully saturated rings. The SMILES string of the molecule is COc1ccc(Nc2cnc(C(=O)NCC3CCCO3)cn2)cc1OC. The van der Waals surface area contributed by atoms with Crippen LogP contribution < -0.4 is 20.1 Å². The van der Waals surface area contributed by atoms with E-state index in [1.165, 1.54) is 12.4 Å². The number of methoxy groups -OCH3 is 2. The molecule has 1 aliphatic heterocycles. The van der Waals surface area contributed by atoms with Crippen molar-refractivity contribution in [3.63, 3.8) is 0 Å². The largest absolute Gasteiger partial charge is 0.493 e. The third kappa shape index (κ3) is 4.40. The van der Waals surface area contributed by atoms with Gasteiger partial charge in [-0.2, -0.15) is 0 Å². The van der Waals surface area contributed by atoms with Crippen LogP contribution in [0.15, 0.2) is 30.6 Å². The van der Waals surface area contributed by atoms with E-state index < -0.39 is 0 Å². The number of aromatic nitrogens is 2. The number of rotatable bonds is 7. The van der Waals surface area contributed by atoms with E-state index in [1.54, 1.807) is 26.4 Å². The van der Waals surface area contributed by atoms with Gasteiger partial charge >= 0.3 is 0 Å². The standard InChI is InChI=1S/C18H22N4O4/c1-24-15-6-5-12(8-16(15)25-2)22-17-11-19-14(10-20-17)18(23)21-9-13-4-3-7-26-13/h5-6,8,10-11,13H,3-4,7,9H2,1-2H3,(H,20,22)(H,21,23). The molecule has 2 heterocycles. The highest BCUT2D eigenvalue weighted by Gasteiger charge is 2.17. The number of ether oxygens (including phenoxy) is 3. The number of carbonyl (C=O) groups excluding carboxylic acids is 1. The smallest absolute Gasteiger partial charge is 0.271 e. The normalized spacial score (nSPS) is 16.2. The van der Waals surface area contributed by atoms with Crippen molar-refractivity contribution >= 4 is 17.4 Å². The van der Waals surface area contributed by atoms with Crippen LogP contribution in [0.5, 0.6) is 11.5 Å². The summed E-state index contributed by atoms with van der Waals surface area (Å²) in [6.07, 6.45) is 5.06. The highest BCUT2D eigenvalue weighted by atomic mass is 16.5. The summed E-state index contributed by atoms with van der Waals surface area (Å²) in [7, 11) is 3.16. The molecule has 1 aromatic carbocycles. The minimum absolute atomic E-state index is 0.0953. The summed E-state index contributed by atoms with van der Waals surface area (Å²) in [5, 5.41) is 5.93. The van der Waals surface area contributed by atoms with Gasteiger partial charge in [-0.1, -0.05) is 0 Å². The third-order valence-electron chi connectivity index (χ3n) is 4.05. The van der Waals surface area contributed by atoms with Gasteiger partial charge in [0.1, 0.15) is 11.5 Å². The van der Waals surface area contributed by atoms with Crippen molar-refractivity contribution < 1.29 is 19.0 Å². The molecule has 0 saturated carbocycles. The van der Waals surface area contributed by atoms with Gasteiger partial charge in [0.25, 0.3) is 5.91 Å². The van der Waals surface area contributed by atoms with Crippen molar-refractivity contribution in [1.29, 1.82) is 0 Å². The van der Waals surface area contributed by atoms with E-state index in [-0.39, 0.29) is 17.7 Å². The molecule has 1 amide bonds. The fourth-order valence-corrected chi connectivity index (χ4v) is 2.67. The predicted octanol–water partition coefficient (Wildman–Crippen LogP) is 2.15. The van der Waals surface area contributed by atoms with Crippen molar-refractivity contribution in [3.05, 3.63) is 36.3 Å². The molecule has 2 aromatic rings. The molecule has 3 rings (SSSR count). The molecular weight excluding hydrogens is 336 g/mol. The number of hydrogen-bond donors (Lipinski definition) is 2. The number of benzene rings is 1. The van der Waals surface area contributed by atoms with E-state index in [9.17, 15) is 4.79 Å². The topological polar surface area (TPSA) is 94.6 Å². The highest BCUT2D eigenvalue weighted by molar-refractivity contribution is 5.92. The zero-order valence-electron chi connectivity index (χ0n) is 14.8. The molecule has 0 spiro atoms. The molecule has 2 N–H and O–H groups in total. The first-order valence-corrected chi connectivity index (χ1v) is 8.40. The number of nitrogens with one attached hydrogen (secondary N) is 2. The molecule has 1 unspecified atom stereocenters. The average Bonchev–Trinajstić information content (AvgIpc) is 3.20. The van der Waals surface area contributed by atoms with Crippen LogP contribution in [0, 0.1) is 0 Å². The Morgan fingerprint density at radius 1 is 1.23 bits per heavy atom. The quantitative estimate of drug-likeness (QED) is 0.783. The Bertz CT molecular complexity index is 745. The number of carbonyl (C=O) groups is 1. The Balaban J connectivity index is 1.59. The van der Waals surface area contributed by atoms with Crippen LogP contribution in [0.1, 0.15) is 23.3 Å². The van der Waals surface area contributed by atoms with E-state index in [1.807, 2.05) is 6.07 Å². The van der Waals surface area contributed by atoms with Crippen molar-refractivity contribution in [1.82, 2.24) is 15.3 Å². The summed E-state index contributed by atoms with van der Waals surface area (Å²) < 4.78 is 16.0. The second kappa shape index (κ2) is 8.48. The van der Waals surface area contributed by atoms with Gasteiger partial charge in [0.2, 0.25) is 0 Å². The van der Waals surface area contributed by atoms with Crippen molar-refractivity contribution in [3.8, 4) is 11.5 Å². The van der Waals surface area contributed by atoms with Gasteiger partial charge in [0, 0.05) is 24.9 Å². The molecule has 0 bridgehead atoms. The van der Waals surface area contributed by atoms with Crippen molar-refractivity contribution in [2.45, 2.75) is 18.9 Å².